The molecule has 3 rings (SSSR count). The number of piperidine rings is 1. The van der Waals surface area contributed by atoms with Crippen LogP contribution in [0.3, 0.4) is 0 Å². The summed E-state index contributed by atoms with van der Waals surface area (Å²) in [5.41, 5.74) is 0. The Morgan fingerprint density at radius 3 is 2.20 bits per heavy atom. The van der Waals surface area contributed by atoms with Gasteiger partial charge in [-0.25, -0.2) is 0 Å². The molecule has 1 unspecified atom stereocenters. The molecule has 20 heavy (non-hydrogen) atoms. The van der Waals surface area contributed by atoms with Crippen molar-refractivity contribution in [1.82, 2.24) is 9.80 Å². The van der Waals surface area contributed by atoms with Gasteiger partial charge in [0.2, 0.25) is 11.8 Å². The smallest absolute Gasteiger partial charge is 0.245 e. The van der Waals surface area contributed by atoms with E-state index in [1.54, 1.807) is 0 Å². The van der Waals surface area contributed by atoms with Crippen molar-refractivity contribution in [2.75, 3.05) is 13.1 Å². The summed E-state index contributed by atoms with van der Waals surface area (Å²) in [6.45, 7) is 1.43. The molecule has 0 aromatic carbocycles. The highest BCUT2D eigenvalue weighted by atomic mass is 16.2. The lowest BCUT2D eigenvalue weighted by atomic mass is 10.00. The van der Waals surface area contributed by atoms with Crippen molar-refractivity contribution < 1.29 is 9.59 Å². The van der Waals surface area contributed by atoms with Crippen molar-refractivity contribution in [2.45, 2.75) is 76.3 Å². The Morgan fingerprint density at radius 2 is 1.45 bits per heavy atom. The van der Waals surface area contributed by atoms with Crippen LogP contribution in [-0.2, 0) is 9.59 Å². The molecule has 2 amide bonds. The highest BCUT2D eigenvalue weighted by Gasteiger charge is 2.39. The van der Waals surface area contributed by atoms with E-state index in [-0.39, 0.29) is 17.9 Å². The molecular weight excluding hydrogens is 252 g/mol. The normalized spacial score (nSPS) is 29.9. The zero-order valence-electron chi connectivity index (χ0n) is 12.4. The second kappa shape index (κ2) is 6.15. The summed E-state index contributed by atoms with van der Waals surface area (Å²) in [5, 5.41) is 0. The Kier molecular flexibility index (Phi) is 4.27. The van der Waals surface area contributed by atoms with Crippen molar-refractivity contribution in [3.63, 3.8) is 0 Å². The first-order valence-electron chi connectivity index (χ1n) is 8.37. The summed E-state index contributed by atoms with van der Waals surface area (Å²) in [6, 6.07) is 0.238. The molecule has 2 heterocycles. The zero-order valence-corrected chi connectivity index (χ0v) is 12.4. The van der Waals surface area contributed by atoms with E-state index in [4.69, 9.17) is 0 Å². The van der Waals surface area contributed by atoms with Crippen molar-refractivity contribution in [3.8, 4) is 0 Å². The third-order valence-corrected chi connectivity index (χ3v) is 5.22. The van der Waals surface area contributed by atoms with Gasteiger partial charge >= 0.3 is 0 Å². The van der Waals surface area contributed by atoms with Gasteiger partial charge in [0.25, 0.3) is 0 Å². The molecular formula is C16H26N2O2. The van der Waals surface area contributed by atoms with E-state index < -0.39 is 0 Å². The first-order chi connectivity index (χ1) is 9.77. The summed E-state index contributed by atoms with van der Waals surface area (Å²) < 4.78 is 0. The molecule has 4 nitrogen and oxygen atoms in total. The van der Waals surface area contributed by atoms with Crippen LogP contribution in [0, 0.1) is 0 Å². The predicted molar refractivity (Wildman–Crippen MR) is 77.2 cm³/mol. The highest BCUT2D eigenvalue weighted by Crippen LogP contribution is 2.28. The Bertz CT molecular complexity index is 375. The van der Waals surface area contributed by atoms with Crippen LogP contribution in [-0.4, -0.2) is 46.8 Å². The quantitative estimate of drug-likeness (QED) is 0.691. The van der Waals surface area contributed by atoms with Gasteiger partial charge in [0.15, 0.2) is 0 Å². The average Bonchev–Trinajstić information content (AvgIpc) is 2.81. The molecule has 0 radical (unpaired) electrons. The minimum atomic E-state index is -0.151. The number of hydrogen-bond acceptors (Lipinski definition) is 2. The van der Waals surface area contributed by atoms with Crippen molar-refractivity contribution in [1.29, 1.82) is 0 Å². The summed E-state index contributed by atoms with van der Waals surface area (Å²) >= 11 is 0. The Hall–Kier alpha value is -1.06. The Balaban J connectivity index is 1.77. The molecule has 0 bridgehead atoms. The number of nitrogens with zero attached hydrogens (tertiary/aromatic N) is 2. The predicted octanol–water partition coefficient (Wildman–Crippen LogP) is 2.32. The molecule has 1 aliphatic carbocycles. The largest absolute Gasteiger partial charge is 0.337 e. The van der Waals surface area contributed by atoms with Gasteiger partial charge in [-0.2, -0.15) is 0 Å². The summed E-state index contributed by atoms with van der Waals surface area (Å²) in [6.07, 6.45) is 10.9. The van der Waals surface area contributed by atoms with Crippen molar-refractivity contribution >= 4 is 11.8 Å². The second-order valence-electron chi connectivity index (χ2n) is 6.53. The standard InChI is InChI=1S/C16H26N2O2/c19-15-10-12-17(13-7-3-1-2-4-8-13)16(20)14-9-5-6-11-18(14)15/h13-14H,1-12H2. The highest BCUT2D eigenvalue weighted by molar-refractivity contribution is 5.90. The van der Waals surface area contributed by atoms with Crippen molar-refractivity contribution in [3.05, 3.63) is 0 Å². The van der Waals surface area contributed by atoms with Crippen LogP contribution < -0.4 is 0 Å². The topological polar surface area (TPSA) is 40.6 Å². The molecule has 1 saturated carbocycles. The minimum absolute atomic E-state index is 0.151. The number of carbonyl (C=O) groups is 2. The van der Waals surface area contributed by atoms with Crippen LogP contribution in [0.25, 0.3) is 0 Å². The monoisotopic (exact) mass is 278 g/mol. The molecule has 3 aliphatic rings. The van der Waals surface area contributed by atoms with Crippen LogP contribution in [0.1, 0.15) is 64.2 Å². The first-order valence-corrected chi connectivity index (χ1v) is 8.37. The van der Waals surface area contributed by atoms with E-state index in [9.17, 15) is 9.59 Å². The lowest BCUT2D eigenvalue weighted by Gasteiger charge is -2.36. The third-order valence-electron chi connectivity index (χ3n) is 5.22. The summed E-state index contributed by atoms with van der Waals surface area (Å²) in [4.78, 5) is 29.0. The Morgan fingerprint density at radius 1 is 0.750 bits per heavy atom. The minimum Gasteiger partial charge on any atom is -0.337 e. The molecule has 0 N–H and O–H groups in total. The summed E-state index contributed by atoms with van der Waals surface area (Å²) in [5.74, 6) is 0.432. The zero-order chi connectivity index (χ0) is 13.9. The molecule has 0 spiro atoms. The van der Waals surface area contributed by atoms with E-state index in [1.807, 2.05) is 4.90 Å². The van der Waals surface area contributed by atoms with Crippen LogP contribution >= 0.6 is 0 Å². The fraction of sp³-hybridized carbons (Fsp3) is 0.875. The van der Waals surface area contributed by atoms with Gasteiger partial charge in [0, 0.05) is 25.6 Å². The van der Waals surface area contributed by atoms with E-state index in [2.05, 4.69) is 4.90 Å². The van der Waals surface area contributed by atoms with Gasteiger partial charge < -0.3 is 9.80 Å². The van der Waals surface area contributed by atoms with Crippen LogP contribution in [0.15, 0.2) is 0 Å². The number of rotatable bonds is 1. The number of fused-ring (bicyclic) bond motifs is 1. The lowest BCUT2D eigenvalue weighted by molar-refractivity contribution is -0.144. The van der Waals surface area contributed by atoms with Crippen LogP contribution in [0.5, 0.6) is 0 Å². The van der Waals surface area contributed by atoms with Crippen molar-refractivity contribution in [2.24, 2.45) is 0 Å². The van der Waals surface area contributed by atoms with Gasteiger partial charge in [0.1, 0.15) is 6.04 Å². The molecule has 3 fully saturated rings. The first kappa shape index (κ1) is 13.9. The van der Waals surface area contributed by atoms with Gasteiger partial charge in [-0.15, -0.1) is 0 Å². The van der Waals surface area contributed by atoms with Gasteiger partial charge in [-0.05, 0) is 32.1 Å². The van der Waals surface area contributed by atoms with Gasteiger partial charge in [-0.1, -0.05) is 25.7 Å². The molecule has 0 aromatic heterocycles. The van der Waals surface area contributed by atoms with Crippen LogP contribution in [0.2, 0.25) is 0 Å². The molecule has 4 heteroatoms. The number of amides is 2. The molecule has 2 aliphatic heterocycles. The summed E-state index contributed by atoms with van der Waals surface area (Å²) in [7, 11) is 0. The Labute approximate surface area is 121 Å². The number of hydrogen-bond donors (Lipinski definition) is 0. The fourth-order valence-electron chi connectivity index (χ4n) is 4.08. The molecule has 1 atom stereocenters. The average molecular weight is 278 g/mol. The third kappa shape index (κ3) is 2.70. The second-order valence-corrected chi connectivity index (χ2v) is 6.53. The van der Waals surface area contributed by atoms with Gasteiger partial charge in [0.05, 0.1) is 0 Å². The lowest BCUT2D eigenvalue weighted by Crippen LogP contribution is -2.51. The van der Waals surface area contributed by atoms with E-state index in [0.717, 1.165) is 38.6 Å². The van der Waals surface area contributed by atoms with E-state index >= 15 is 0 Å². The van der Waals surface area contributed by atoms with Crippen LogP contribution in [0.4, 0.5) is 0 Å². The van der Waals surface area contributed by atoms with E-state index in [0.29, 0.717) is 19.0 Å². The maximum Gasteiger partial charge on any atom is 0.245 e. The maximum absolute atomic E-state index is 12.9. The SMILES string of the molecule is O=C1C2CCCCN2C(=O)CCN1C1CCCCCC1. The fourth-order valence-corrected chi connectivity index (χ4v) is 4.08. The molecule has 2 saturated heterocycles. The van der Waals surface area contributed by atoms with Gasteiger partial charge in [-0.3, -0.25) is 9.59 Å². The molecule has 0 aromatic rings. The number of carbonyl (C=O) groups excluding carboxylic acids is 2. The maximum atomic E-state index is 12.9. The van der Waals surface area contributed by atoms with E-state index in [1.165, 1.54) is 25.7 Å². The molecule has 112 valence electrons.